The molecule has 0 saturated heterocycles. The van der Waals surface area contributed by atoms with Crippen LogP contribution in [-0.2, 0) is 29.7 Å². The lowest BCUT2D eigenvalue weighted by Gasteiger charge is -2.31. The van der Waals surface area contributed by atoms with E-state index in [-0.39, 0.29) is 0 Å². The van der Waals surface area contributed by atoms with Crippen LogP contribution in [0.4, 0.5) is 26.3 Å². The molecule has 238 valence electrons. The topological polar surface area (TPSA) is 185 Å². The van der Waals surface area contributed by atoms with Crippen LogP contribution < -0.4 is 11.7 Å². The van der Waals surface area contributed by atoms with Crippen LogP contribution in [-0.4, -0.2) is 127 Å². The number of alkyl halides is 6. The minimum atomic E-state index is -6.09. The Bertz CT molecular complexity index is 696. The maximum absolute atomic E-state index is 10.7. The van der Waals surface area contributed by atoms with Crippen molar-refractivity contribution in [2.75, 3.05) is 80.8 Å². The van der Waals surface area contributed by atoms with Crippen LogP contribution in [0.15, 0.2) is 0 Å². The number of nitrogens with two attached hydrogens (primary N) is 2. The predicted molar refractivity (Wildman–Crippen MR) is 128 cm³/mol. The van der Waals surface area contributed by atoms with Gasteiger partial charge in [-0.15, -0.1) is 0 Å². The summed E-state index contributed by atoms with van der Waals surface area (Å²) < 4.78 is 130. The zero-order valence-corrected chi connectivity index (χ0v) is 24.7. The molecule has 0 saturated carbocycles. The SMILES string of the molecule is CC[N+](C)(CC)CCOC.CC[N+](C)(CC)CCOC.NN.O=S(=O)([O-])C(F)(F)F.O=S(=O)([O-])C(F)(F)F. The number of hydrogen-bond acceptors (Lipinski definition) is 10. The van der Waals surface area contributed by atoms with Crippen LogP contribution in [0.5, 0.6) is 0 Å². The molecule has 0 aromatic heterocycles. The molecule has 0 aliphatic carbocycles. The lowest BCUT2D eigenvalue weighted by atomic mass is 10.4. The first kappa shape index (κ1) is 47.0. The van der Waals surface area contributed by atoms with E-state index >= 15 is 0 Å². The van der Waals surface area contributed by atoms with Gasteiger partial charge in [0.1, 0.15) is 13.1 Å². The number of nitrogens with zero attached hydrogens (tertiary/aromatic N) is 2. The van der Waals surface area contributed by atoms with Crippen molar-refractivity contribution in [3.05, 3.63) is 0 Å². The molecule has 0 aliphatic heterocycles. The molecule has 0 heterocycles. The number of methoxy groups -OCH3 is 2. The van der Waals surface area contributed by atoms with Gasteiger partial charge in [0.15, 0.2) is 20.2 Å². The normalized spacial score (nSPS) is 12.4. The van der Waals surface area contributed by atoms with E-state index in [1.807, 2.05) is 0 Å². The maximum Gasteiger partial charge on any atom is 0.485 e. The van der Waals surface area contributed by atoms with Gasteiger partial charge in [-0.25, -0.2) is 16.8 Å². The van der Waals surface area contributed by atoms with Crippen molar-refractivity contribution in [2.24, 2.45) is 11.7 Å². The highest BCUT2D eigenvalue weighted by Crippen LogP contribution is 2.21. The highest BCUT2D eigenvalue weighted by Gasteiger charge is 2.37. The molecule has 4 N–H and O–H groups in total. The Labute approximate surface area is 222 Å². The van der Waals surface area contributed by atoms with Gasteiger partial charge in [0.05, 0.1) is 53.5 Å². The van der Waals surface area contributed by atoms with Gasteiger partial charge in [0, 0.05) is 14.2 Å². The molecule has 0 rings (SSSR count). The summed E-state index contributed by atoms with van der Waals surface area (Å²) in [5.41, 5.74) is -11.3. The van der Waals surface area contributed by atoms with Crippen LogP contribution in [0, 0.1) is 0 Å². The average Bonchev–Trinajstić information content (AvgIpc) is 2.81. The molecule has 0 fully saturated rings. The summed E-state index contributed by atoms with van der Waals surface area (Å²) in [5, 5.41) is 0. The Morgan fingerprint density at radius 2 is 0.789 bits per heavy atom. The summed E-state index contributed by atoms with van der Waals surface area (Å²) in [6.07, 6.45) is 0. The Hall–Kier alpha value is -0.840. The van der Waals surface area contributed by atoms with Crippen molar-refractivity contribution in [3.63, 3.8) is 0 Å². The van der Waals surface area contributed by atoms with Crippen LogP contribution in [0.2, 0.25) is 0 Å². The first-order valence-electron chi connectivity index (χ1n) is 10.9. The van der Waals surface area contributed by atoms with E-state index in [0.29, 0.717) is 0 Å². The largest absolute Gasteiger partial charge is 0.741 e. The van der Waals surface area contributed by atoms with Crippen LogP contribution in [0.3, 0.4) is 0 Å². The zero-order chi connectivity index (χ0) is 32.1. The summed E-state index contributed by atoms with van der Waals surface area (Å²) in [4.78, 5) is 0. The zero-order valence-electron chi connectivity index (χ0n) is 23.1. The third-order valence-corrected chi connectivity index (χ3v) is 6.43. The van der Waals surface area contributed by atoms with Crippen molar-refractivity contribution >= 4 is 20.2 Å². The number of rotatable bonds is 10. The van der Waals surface area contributed by atoms with Gasteiger partial charge in [-0.2, -0.15) is 26.3 Å². The molecular weight excluding hydrogens is 578 g/mol. The fourth-order valence-corrected chi connectivity index (χ4v) is 1.70. The second kappa shape index (κ2) is 21.9. The number of hydrogen-bond donors (Lipinski definition) is 2. The van der Waals surface area contributed by atoms with Gasteiger partial charge in [-0.05, 0) is 27.7 Å². The molecular formula is C18H44F6N4O8S2. The van der Waals surface area contributed by atoms with Gasteiger partial charge in [0.25, 0.3) is 0 Å². The van der Waals surface area contributed by atoms with Gasteiger partial charge in [0.2, 0.25) is 0 Å². The molecule has 0 aromatic rings. The first-order chi connectivity index (χ1) is 16.9. The van der Waals surface area contributed by atoms with Crippen LogP contribution in [0.25, 0.3) is 0 Å². The summed E-state index contributed by atoms with van der Waals surface area (Å²) in [6.45, 7) is 17.7. The smallest absolute Gasteiger partial charge is 0.485 e. The molecule has 0 bridgehead atoms. The van der Waals surface area contributed by atoms with Crippen LogP contribution >= 0.6 is 0 Å². The Morgan fingerprint density at radius 3 is 0.868 bits per heavy atom. The van der Waals surface area contributed by atoms with Gasteiger partial charge < -0.3 is 27.5 Å². The molecule has 38 heavy (non-hydrogen) atoms. The standard InChI is InChI=1S/2C8H20NO.2CHF3O3S.H4N2/c2*1-5-9(3,6-2)7-8-10-4;2*2-1(3,4)8(5,6)7;1-2/h2*5-8H2,1-4H3;2*(H,5,6,7);1-2H2/q2*+1;;;/p-2. The highest BCUT2D eigenvalue weighted by atomic mass is 32.2. The molecule has 0 amide bonds. The number of halogens is 6. The third-order valence-electron chi connectivity index (χ3n) is 5.29. The average molecular weight is 623 g/mol. The van der Waals surface area contributed by atoms with Gasteiger partial charge in [-0.1, -0.05) is 0 Å². The number of ether oxygens (including phenoxy) is 2. The van der Waals surface area contributed by atoms with Crippen molar-refractivity contribution in [1.29, 1.82) is 0 Å². The molecule has 0 unspecified atom stereocenters. The Morgan fingerprint density at radius 1 is 0.632 bits per heavy atom. The summed E-state index contributed by atoms with van der Waals surface area (Å²) in [6, 6.07) is 0. The van der Waals surface area contributed by atoms with Crippen molar-refractivity contribution < 1.29 is 70.7 Å². The Balaban J connectivity index is -0.000000125. The molecule has 0 spiro atoms. The van der Waals surface area contributed by atoms with Gasteiger partial charge in [-0.3, -0.25) is 11.7 Å². The van der Waals surface area contributed by atoms with Gasteiger partial charge >= 0.3 is 11.0 Å². The molecule has 0 aliphatic rings. The van der Waals surface area contributed by atoms with Crippen molar-refractivity contribution in [3.8, 4) is 0 Å². The minimum absolute atomic E-state index is 0.873. The van der Waals surface area contributed by atoms with E-state index in [2.05, 4.69) is 53.5 Å². The molecule has 0 aromatic carbocycles. The monoisotopic (exact) mass is 622 g/mol. The molecule has 12 nitrogen and oxygen atoms in total. The lowest BCUT2D eigenvalue weighted by molar-refractivity contribution is -0.906. The Kier molecular flexibility index (Phi) is 27.1. The lowest BCUT2D eigenvalue weighted by Crippen LogP contribution is -2.45. The number of quaternary nitrogens is 2. The summed E-state index contributed by atoms with van der Waals surface area (Å²) >= 11 is 0. The van der Waals surface area contributed by atoms with E-state index in [9.17, 15) is 26.3 Å². The van der Waals surface area contributed by atoms with Crippen molar-refractivity contribution in [1.82, 2.24) is 0 Å². The second-order valence-electron chi connectivity index (χ2n) is 7.74. The van der Waals surface area contributed by atoms with E-state index in [1.165, 1.54) is 26.2 Å². The number of likely N-dealkylation sites (N-methyl/N-ethyl adjacent to an activating group) is 2. The third kappa shape index (κ3) is 26.8. The fourth-order valence-electron chi connectivity index (χ4n) is 1.70. The highest BCUT2D eigenvalue weighted by molar-refractivity contribution is 7.86. The first-order valence-corrected chi connectivity index (χ1v) is 13.7. The molecule has 0 radical (unpaired) electrons. The quantitative estimate of drug-likeness (QED) is 0.0895. The number of hydrazine groups is 1. The maximum atomic E-state index is 10.7. The summed E-state index contributed by atoms with van der Waals surface area (Å²) in [7, 11) is -4.14. The van der Waals surface area contributed by atoms with E-state index in [1.54, 1.807) is 14.2 Å². The molecule has 0 atom stereocenters. The predicted octanol–water partition coefficient (Wildman–Crippen LogP) is 1.16. The minimum Gasteiger partial charge on any atom is -0.741 e. The second-order valence-corrected chi connectivity index (χ2v) is 10.5. The van der Waals surface area contributed by atoms with E-state index < -0.39 is 31.3 Å². The van der Waals surface area contributed by atoms with Crippen molar-refractivity contribution in [2.45, 2.75) is 38.7 Å². The van der Waals surface area contributed by atoms with Crippen LogP contribution in [0.1, 0.15) is 27.7 Å². The summed E-state index contributed by atoms with van der Waals surface area (Å²) in [5.74, 6) is 8.00. The van der Waals surface area contributed by atoms with E-state index in [4.69, 9.17) is 35.4 Å². The fraction of sp³-hybridized carbons (Fsp3) is 1.00. The van der Waals surface area contributed by atoms with E-state index in [0.717, 1.165) is 35.3 Å². The molecule has 20 heteroatoms.